The van der Waals surface area contributed by atoms with Crippen molar-refractivity contribution in [3.05, 3.63) is 28.8 Å². The molecule has 0 bridgehead atoms. The van der Waals surface area contributed by atoms with E-state index in [2.05, 4.69) is 12.2 Å². The number of hydrogen-bond acceptors (Lipinski definition) is 2. The molecule has 104 valence electrons. The van der Waals surface area contributed by atoms with Gasteiger partial charge in [-0.2, -0.15) is 0 Å². The van der Waals surface area contributed by atoms with Crippen molar-refractivity contribution >= 4 is 11.6 Å². The van der Waals surface area contributed by atoms with Crippen LogP contribution in [-0.2, 0) is 0 Å². The molecule has 1 aromatic rings. The van der Waals surface area contributed by atoms with Crippen molar-refractivity contribution in [2.24, 2.45) is 5.92 Å². The molecule has 1 saturated carbocycles. The molecule has 1 aliphatic carbocycles. The number of carbonyl (C=O) groups is 1. The van der Waals surface area contributed by atoms with Gasteiger partial charge >= 0.3 is 0 Å². The summed E-state index contributed by atoms with van der Waals surface area (Å²) in [5.41, 5.74) is 9.31. The molecule has 1 fully saturated rings. The highest BCUT2D eigenvalue weighted by atomic mass is 16.1. The Morgan fingerprint density at radius 2 is 2.05 bits per heavy atom. The zero-order valence-electron chi connectivity index (χ0n) is 12.1. The average molecular weight is 260 g/mol. The molecule has 0 saturated heterocycles. The number of aryl methyl sites for hydroxylation is 2. The van der Waals surface area contributed by atoms with Crippen LogP contribution in [0.5, 0.6) is 0 Å². The number of nitrogens with one attached hydrogen (secondary N) is 1. The second-order valence-corrected chi connectivity index (χ2v) is 5.78. The van der Waals surface area contributed by atoms with E-state index in [1.165, 1.54) is 12.8 Å². The molecule has 3 nitrogen and oxygen atoms in total. The van der Waals surface area contributed by atoms with Crippen LogP contribution in [0.3, 0.4) is 0 Å². The summed E-state index contributed by atoms with van der Waals surface area (Å²) >= 11 is 0. The van der Waals surface area contributed by atoms with Crippen molar-refractivity contribution in [2.75, 3.05) is 5.73 Å². The molecule has 0 aromatic heterocycles. The smallest absolute Gasteiger partial charge is 0.251 e. The van der Waals surface area contributed by atoms with Gasteiger partial charge in [0.05, 0.1) is 0 Å². The molecule has 1 aromatic carbocycles. The fourth-order valence-corrected chi connectivity index (χ4v) is 2.46. The van der Waals surface area contributed by atoms with Gasteiger partial charge in [0.25, 0.3) is 5.91 Å². The van der Waals surface area contributed by atoms with Crippen LogP contribution in [0.15, 0.2) is 12.1 Å². The first-order valence-corrected chi connectivity index (χ1v) is 7.18. The maximum absolute atomic E-state index is 12.3. The van der Waals surface area contributed by atoms with E-state index in [-0.39, 0.29) is 5.91 Å². The van der Waals surface area contributed by atoms with Gasteiger partial charge in [0.15, 0.2) is 0 Å². The zero-order chi connectivity index (χ0) is 14.0. The number of carbonyl (C=O) groups excluding carboxylic acids is 1. The summed E-state index contributed by atoms with van der Waals surface area (Å²) in [4.78, 5) is 12.3. The third-order valence-corrected chi connectivity index (χ3v) is 4.00. The average Bonchev–Trinajstić information content (AvgIpc) is 3.16. The van der Waals surface area contributed by atoms with Crippen molar-refractivity contribution in [1.82, 2.24) is 5.32 Å². The molecule has 1 aliphatic rings. The molecular formula is C16H24N2O. The van der Waals surface area contributed by atoms with Crippen LogP contribution < -0.4 is 11.1 Å². The van der Waals surface area contributed by atoms with Crippen LogP contribution in [0.2, 0.25) is 0 Å². The molecule has 0 heterocycles. The first-order chi connectivity index (χ1) is 9.01. The fourth-order valence-electron chi connectivity index (χ4n) is 2.46. The highest BCUT2D eigenvalue weighted by molar-refractivity contribution is 5.96. The van der Waals surface area contributed by atoms with Gasteiger partial charge in [-0.3, -0.25) is 4.79 Å². The van der Waals surface area contributed by atoms with Gasteiger partial charge < -0.3 is 11.1 Å². The Morgan fingerprint density at radius 1 is 1.37 bits per heavy atom. The molecule has 1 amide bonds. The largest absolute Gasteiger partial charge is 0.398 e. The van der Waals surface area contributed by atoms with Gasteiger partial charge in [0.1, 0.15) is 0 Å². The first-order valence-electron chi connectivity index (χ1n) is 7.18. The summed E-state index contributed by atoms with van der Waals surface area (Å²) in [7, 11) is 0. The predicted octanol–water partition coefficient (Wildman–Crippen LogP) is 3.19. The Balaban J connectivity index is 2.07. The lowest BCUT2D eigenvalue weighted by molar-refractivity contribution is 0.0932. The quantitative estimate of drug-likeness (QED) is 0.799. The minimum atomic E-state index is 0.0108. The third kappa shape index (κ3) is 3.49. The molecule has 19 heavy (non-hydrogen) atoms. The Morgan fingerprint density at radius 3 is 2.63 bits per heavy atom. The normalized spacial score (nSPS) is 16.2. The van der Waals surface area contributed by atoms with Crippen LogP contribution >= 0.6 is 0 Å². The summed E-state index contributed by atoms with van der Waals surface area (Å²) in [6.45, 7) is 6.05. The molecule has 3 N–H and O–H groups in total. The Kier molecular flexibility index (Phi) is 4.13. The number of nitrogens with two attached hydrogens (primary N) is 1. The topological polar surface area (TPSA) is 55.1 Å². The molecular weight excluding hydrogens is 236 g/mol. The number of anilines is 1. The van der Waals surface area contributed by atoms with Crippen molar-refractivity contribution in [3.8, 4) is 0 Å². The molecule has 0 radical (unpaired) electrons. The SMILES string of the molecule is CCC(CC1CC1)NC(=O)c1cc(N)c(C)cc1C. The van der Waals surface area contributed by atoms with Gasteiger partial charge in [-0.15, -0.1) is 0 Å². The lowest BCUT2D eigenvalue weighted by atomic mass is 10.0. The molecule has 3 heteroatoms. The molecule has 0 aliphatic heterocycles. The van der Waals surface area contributed by atoms with E-state index in [1.54, 1.807) is 6.07 Å². The van der Waals surface area contributed by atoms with E-state index in [0.717, 1.165) is 29.9 Å². The van der Waals surface area contributed by atoms with E-state index >= 15 is 0 Å². The number of benzene rings is 1. The standard InChI is InChI=1S/C16H24N2O/c1-4-13(8-12-5-6-12)18-16(19)14-9-15(17)11(3)7-10(14)2/h7,9,12-13H,4-6,8,17H2,1-3H3,(H,18,19). The second kappa shape index (κ2) is 5.64. The van der Waals surface area contributed by atoms with Gasteiger partial charge in [-0.1, -0.05) is 25.8 Å². The van der Waals surface area contributed by atoms with E-state index in [1.807, 2.05) is 19.9 Å². The molecule has 1 atom stereocenters. The van der Waals surface area contributed by atoms with Crippen molar-refractivity contribution < 1.29 is 4.79 Å². The van der Waals surface area contributed by atoms with E-state index in [4.69, 9.17) is 5.73 Å². The number of hydrogen-bond donors (Lipinski definition) is 2. The van der Waals surface area contributed by atoms with E-state index in [0.29, 0.717) is 17.3 Å². The Bertz CT molecular complexity index is 478. The second-order valence-electron chi connectivity index (χ2n) is 5.78. The number of nitrogen functional groups attached to an aromatic ring is 1. The monoisotopic (exact) mass is 260 g/mol. The van der Waals surface area contributed by atoms with E-state index < -0.39 is 0 Å². The number of rotatable bonds is 5. The molecule has 1 unspecified atom stereocenters. The summed E-state index contributed by atoms with van der Waals surface area (Å²) in [5.74, 6) is 0.839. The van der Waals surface area contributed by atoms with Crippen LogP contribution in [-0.4, -0.2) is 11.9 Å². The highest BCUT2D eigenvalue weighted by Crippen LogP contribution is 2.34. The highest BCUT2D eigenvalue weighted by Gasteiger charge is 2.26. The van der Waals surface area contributed by atoms with Crippen LogP contribution in [0, 0.1) is 19.8 Å². The van der Waals surface area contributed by atoms with Crippen LogP contribution in [0.1, 0.15) is 54.1 Å². The number of amides is 1. The lowest BCUT2D eigenvalue weighted by Gasteiger charge is -2.18. The zero-order valence-corrected chi connectivity index (χ0v) is 12.1. The van der Waals surface area contributed by atoms with Gasteiger partial charge in [-0.25, -0.2) is 0 Å². The summed E-state index contributed by atoms with van der Waals surface area (Å²) in [5, 5.41) is 3.15. The van der Waals surface area contributed by atoms with E-state index in [9.17, 15) is 4.79 Å². The first kappa shape index (κ1) is 13.9. The maximum Gasteiger partial charge on any atom is 0.251 e. The van der Waals surface area contributed by atoms with Crippen molar-refractivity contribution in [3.63, 3.8) is 0 Å². The Hall–Kier alpha value is -1.51. The molecule has 0 spiro atoms. The Labute approximate surface area is 115 Å². The van der Waals surface area contributed by atoms with Gasteiger partial charge in [0.2, 0.25) is 0 Å². The lowest BCUT2D eigenvalue weighted by Crippen LogP contribution is -2.35. The minimum absolute atomic E-state index is 0.0108. The van der Waals surface area contributed by atoms with Gasteiger partial charge in [-0.05, 0) is 49.8 Å². The third-order valence-electron chi connectivity index (χ3n) is 4.00. The van der Waals surface area contributed by atoms with Crippen LogP contribution in [0.25, 0.3) is 0 Å². The van der Waals surface area contributed by atoms with Crippen molar-refractivity contribution in [1.29, 1.82) is 0 Å². The summed E-state index contributed by atoms with van der Waals surface area (Å²) in [6, 6.07) is 4.07. The van der Waals surface area contributed by atoms with Crippen molar-refractivity contribution in [2.45, 2.75) is 52.5 Å². The van der Waals surface area contributed by atoms with Gasteiger partial charge in [0, 0.05) is 17.3 Å². The van der Waals surface area contributed by atoms with Crippen LogP contribution in [0.4, 0.5) is 5.69 Å². The summed E-state index contributed by atoms with van der Waals surface area (Å²) < 4.78 is 0. The molecule has 2 rings (SSSR count). The maximum atomic E-state index is 12.3. The predicted molar refractivity (Wildman–Crippen MR) is 79.2 cm³/mol. The summed E-state index contributed by atoms with van der Waals surface area (Å²) in [6.07, 6.45) is 4.75. The fraction of sp³-hybridized carbons (Fsp3) is 0.562. The minimum Gasteiger partial charge on any atom is -0.398 e.